The van der Waals surface area contributed by atoms with E-state index in [1.165, 1.54) is 0 Å². The molecule has 0 saturated carbocycles. The second-order valence-corrected chi connectivity index (χ2v) is 5.36. The fraction of sp³-hybridized carbons (Fsp3) is 0.462. The molecular weight excluding hydrogens is 278 g/mol. The van der Waals surface area contributed by atoms with Crippen LogP contribution in [0.2, 0.25) is 0 Å². The summed E-state index contributed by atoms with van der Waals surface area (Å²) < 4.78 is 10.1. The van der Waals surface area contributed by atoms with Crippen LogP contribution in [-0.2, 0) is 16.0 Å². The van der Waals surface area contributed by atoms with Crippen LogP contribution in [0.5, 0.6) is 0 Å². The van der Waals surface area contributed by atoms with E-state index in [0.29, 0.717) is 31.2 Å². The van der Waals surface area contributed by atoms with Crippen molar-refractivity contribution < 1.29 is 14.1 Å². The number of ether oxygens (including phenoxy) is 1. The number of hydrogen-bond donors (Lipinski definition) is 1. The van der Waals surface area contributed by atoms with Gasteiger partial charge in [-0.3, -0.25) is 4.79 Å². The predicted octanol–water partition coefficient (Wildman–Crippen LogP) is 1.88. The van der Waals surface area contributed by atoms with Gasteiger partial charge < -0.3 is 14.6 Å². The maximum atomic E-state index is 11.7. The predicted molar refractivity (Wildman–Crippen MR) is 75.4 cm³/mol. The van der Waals surface area contributed by atoms with Crippen molar-refractivity contribution in [3.63, 3.8) is 0 Å². The molecule has 1 atom stereocenters. The molecule has 1 unspecified atom stereocenters. The molecule has 2 aromatic rings. The minimum absolute atomic E-state index is 0.00290. The first kappa shape index (κ1) is 14.7. The Balaban J connectivity index is 1.81. The zero-order valence-electron chi connectivity index (χ0n) is 11.5. The van der Waals surface area contributed by atoms with Gasteiger partial charge in [-0.15, -0.1) is 11.3 Å². The Hall–Kier alpha value is -1.73. The Bertz CT molecular complexity index is 539. The first-order valence-electron chi connectivity index (χ1n) is 6.34. The summed E-state index contributed by atoms with van der Waals surface area (Å²) >= 11 is 1.55. The van der Waals surface area contributed by atoms with Crippen LogP contribution in [0.4, 0.5) is 0 Å². The van der Waals surface area contributed by atoms with E-state index in [2.05, 4.69) is 15.5 Å². The average molecular weight is 295 g/mol. The highest BCUT2D eigenvalue weighted by Crippen LogP contribution is 2.21. The average Bonchev–Trinajstić information content (AvgIpc) is 3.07. The molecule has 2 aromatic heterocycles. The summed E-state index contributed by atoms with van der Waals surface area (Å²) in [5, 5.41) is 8.69. The number of thiophene rings is 1. The van der Waals surface area contributed by atoms with E-state index in [9.17, 15) is 4.79 Å². The summed E-state index contributed by atoms with van der Waals surface area (Å²) in [7, 11) is 1.60. The zero-order valence-corrected chi connectivity index (χ0v) is 12.3. The van der Waals surface area contributed by atoms with Crippen molar-refractivity contribution >= 4 is 17.2 Å². The number of amides is 1. The molecule has 0 saturated heterocycles. The Morgan fingerprint density at radius 2 is 2.45 bits per heavy atom. The monoisotopic (exact) mass is 295 g/mol. The van der Waals surface area contributed by atoms with Crippen molar-refractivity contribution in [2.45, 2.75) is 25.8 Å². The minimum Gasteiger partial charge on any atom is -0.383 e. The molecule has 0 spiro atoms. The van der Waals surface area contributed by atoms with Crippen molar-refractivity contribution in [1.29, 1.82) is 0 Å². The molecule has 20 heavy (non-hydrogen) atoms. The minimum atomic E-state index is -0.0505. The second-order valence-electron chi connectivity index (χ2n) is 4.41. The van der Waals surface area contributed by atoms with Crippen LogP contribution in [0.25, 0.3) is 10.7 Å². The van der Waals surface area contributed by atoms with E-state index >= 15 is 0 Å². The summed E-state index contributed by atoms with van der Waals surface area (Å²) in [5.74, 6) is 0.997. The molecule has 0 fully saturated rings. The highest BCUT2D eigenvalue weighted by molar-refractivity contribution is 7.13. The second kappa shape index (κ2) is 7.16. The van der Waals surface area contributed by atoms with E-state index in [1.807, 2.05) is 24.4 Å². The van der Waals surface area contributed by atoms with Crippen LogP contribution >= 0.6 is 11.3 Å². The molecule has 1 amide bonds. The van der Waals surface area contributed by atoms with E-state index in [0.717, 1.165) is 4.88 Å². The Morgan fingerprint density at radius 1 is 1.60 bits per heavy atom. The Morgan fingerprint density at radius 3 is 3.15 bits per heavy atom. The maximum Gasteiger partial charge on any atom is 0.227 e. The lowest BCUT2D eigenvalue weighted by molar-refractivity contribution is -0.122. The summed E-state index contributed by atoms with van der Waals surface area (Å²) in [4.78, 5) is 16.9. The summed E-state index contributed by atoms with van der Waals surface area (Å²) in [6.07, 6.45) is 0.754. The molecule has 0 radical (unpaired) electrons. The number of methoxy groups -OCH3 is 1. The largest absolute Gasteiger partial charge is 0.383 e. The van der Waals surface area contributed by atoms with Crippen LogP contribution in [0.1, 0.15) is 19.2 Å². The smallest absolute Gasteiger partial charge is 0.227 e. The third-order valence-electron chi connectivity index (χ3n) is 2.60. The van der Waals surface area contributed by atoms with Crippen molar-refractivity contribution in [2.24, 2.45) is 0 Å². The molecule has 0 aromatic carbocycles. The van der Waals surface area contributed by atoms with Gasteiger partial charge in [-0.25, -0.2) is 0 Å². The normalized spacial score (nSPS) is 12.3. The number of carbonyl (C=O) groups is 1. The quantitative estimate of drug-likeness (QED) is 0.844. The maximum absolute atomic E-state index is 11.7. The van der Waals surface area contributed by atoms with Gasteiger partial charge >= 0.3 is 0 Å². The Kier molecular flexibility index (Phi) is 5.25. The Labute approximate surface area is 121 Å². The highest BCUT2D eigenvalue weighted by Gasteiger charge is 2.12. The third kappa shape index (κ3) is 4.14. The van der Waals surface area contributed by atoms with Gasteiger partial charge in [0, 0.05) is 26.0 Å². The highest BCUT2D eigenvalue weighted by atomic mass is 32.1. The van der Waals surface area contributed by atoms with Gasteiger partial charge in [0.15, 0.2) is 0 Å². The molecular formula is C13H17N3O3S. The van der Waals surface area contributed by atoms with E-state index < -0.39 is 0 Å². The number of aryl methyl sites for hydroxylation is 1. The van der Waals surface area contributed by atoms with Gasteiger partial charge in [0.25, 0.3) is 0 Å². The van der Waals surface area contributed by atoms with E-state index in [4.69, 9.17) is 9.26 Å². The lowest BCUT2D eigenvalue weighted by Gasteiger charge is -2.11. The zero-order chi connectivity index (χ0) is 14.4. The SMILES string of the molecule is COCC(C)NC(=O)CCc1nc(-c2cccs2)no1. The third-order valence-corrected chi connectivity index (χ3v) is 3.47. The van der Waals surface area contributed by atoms with Crippen LogP contribution in [0.3, 0.4) is 0 Å². The number of carbonyl (C=O) groups excluding carboxylic acids is 1. The van der Waals surface area contributed by atoms with Crippen LogP contribution < -0.4 is 5.32 Å². The first-order valence-corrected chi connectivity index (χ1v) is 7.21. The number of aromatic nitrogens is 2. The molecule has 0 aliphatic carbocycles. The summed E-state index contributed by atoms with van der Waals surface area (Å²) in [6, 6.07) is 3.86. The number of nitrogens with one attached hydrogen (secondary N) is 1. The van der Waals surface area contributed by atoms with Crippen molar-refractivity contribution in [3.8, 4) is 10.7 Å². The van der Waals surface area contributed by atoms with Crippen LogP contribution in [0, 0.1) is 0 Å². The molecule has 1 N–H and O–H groups in total. The van der Waals surface area contributed by atoms with Gasteiger partial charge in [0.05, 0.1) is 11.5 Å². The van der Waals surface area contributed by atoms with Crippen molar-refractivity contribution in [1.82, 2.24) is 15.5 Å². The van der Waals surface area contributed by atoms with Gasteiger partial charge in [-0.1, -0.05) is 11.2 Å². The van der Waals surface area contributed by atoms with E-state index in [-0.39, 0.29) is 11.9 Å². The molecule has 6 nitrogen and oxygen atoms in total. The van der Waals surface area contributed by atoms with Crippen molar-refractivity contribution in [3.05, 3.63) is 23.4 Å². The van der Waals surface area contributed by atoms with Gasteiger partial charge in [0.1, 0.15) is 0 Å². The van der Waals surface area contributed by atoms with Gasteiger partial charge in [-0.05, 0) is 18.4 Å². The van der Waals surface area contributed by atoms with Gasteiger partial charge in [-0.2, -0.15) is 4.98 Å². The summed E-state index contributed by atoms with van der Waals surface area (Å²) in [6.45, 7) is 2.39. The number of rotatable bonds is 7. The molecule has 108 valence electrons. The van der Waals surface area contributed by atoms with Crippen LogP contribution in [0.15, 0.2) is 22.0 Å². The molecule has 0 aliphatic rings. The molecule has 0 aliphatic heterocycles. The fourth-order valence-corrected chi connectivity index (χ4v) is 2.37. The van der Waals surface area contributed by atoms with Gasteiger partial charge in [0.2, 0.25) is 17.6 Å². The summed E-state index contributed by atoms with van der Waals surface area (Å²) in [5.41, 5.74) is 0. The molecule has 2 heterocycles. The molecule has 7 heteroatoms. The first-order chi connectivity index (χ1) is 9.69. The van der Waals surface area contributed by atoms with Crippen molar-refractivity contribution in [2.75, 3.05) is 13.7 Å². The number of hydrogen-bond acceptors (Lipinski definition) is 6. The topological polar surface area (TPSA) is 77.2 Å². The lowest BCUT2D eigenvalue weighted by Crippen LogP contribution is -2.35. The van der Waals surface area contributed by atoms with Crippen LogP contribution in [-0.4, -0.2) is 35.8 Å². The molecule has 0 bridgehead atoms. The molecule has 2 rings (SSSR count). The number of nitrogens with zero attached hydrogens (tertiary/aromatic N) is 2. The lowest BCUT2D eigenvalue weighted by atomic mass is 10.2. The standard InChI is InChI=1S/C13H17N3O3S/c1-9(8-18-2)14-11(17)5-6-12-15-13(16-19-12)10-4-3-7-20-10/h3-4,7,9H,5-6,8H2,1-2H3,(H,14,17). The fourth-order valence-electron chi connectivity index (χ4n) is 1.72. The van der Waals surface area contributed by atoms with E-state index in [1.54, 1.807) is 18.4 Å².